The molecule has 0 aliphatic rings. The predicted octanol–water partition coefficient (Wildman–Crippen LogP) is 4.80. The number of primary amides is 1. The number of ether oxygens (including phenoxy) is 1. The zero-order valence-electron chi connectivity index (χ0n) is 30.9. The molecule has 0 spiro atoms. The number of aromatic nitrogens is 4. The van der Waals surface area contributed by atoms with Crippen LogP contribution in [0.3, 0.4) is 0 Å². The fourth-order valence-corrected chi connectivity index (χ4v) is 5.94. The number of carboxylic acid groups (broad SMARTS) is 1. The van der Waals surface area contributed by atoms with E-state index in [2.05, 4.69) is 30.6 Å². The molecule has 0 unspecified atom stereocenters. The Morgan fingerprint density at radius 1 is 0.895 bits per heavy atom. The number of phosphoric acid groups is 1. The molecule has 19 nitrogen and oxygen atoms in total. The minimum atomic E-state index is -3.64. The SMILES string of the molecule is CCOP(=O)(OCC)OCc1ccc(OC(=O)c2ccccc2NC(=O)CCCC(=O)O)cc1.NC(=O)c1ccc(NCc2cnc3nc(N)[nH]c(=O)c3n2)cc1. The number of aliphatic carboxylic acids is 1. The summed E-state index contributed by atoms with van der Waals surface area (Å²) in [7, 11) is -3.64. The summed E-state index contributed by atoms with van der Waals surface area (Å²) in [5.41, 5.74) is 13.4. The highest BCUT2D eigenvalue weighted by Crippen LogP contribution is 2.49. The number of hydrogen-bond donors (Lipinski definition) is 6. The summed E-state index contributed by atoms with van der Waals surface area (Å²) >= 11 is 0. The summed E-state index contributed by atoms with van der Waals surface area (Å²) in [6, 6.07) is 19.4. The first-order valence-corrected chi connectivity index (χ1v) is 18.9. The van der Waals surface area contributed by atoms with Crippen LogP contribution in [0.5, 0.6) is 5.75 Å². The number of carboxylic acids is 1. The standard InChI is InChI=1S/C23H28NO9P.C14H13N7O2/c1-3-30-34(29,31-4-2)32-16-17-12-14-18(15-13-17)33-23(28)19-8-5-6-9-20(19)24-21(25)10-7-11-22(26)27;15-11(22)7-1-3-8(4-2-7)17-5-9-6-18-12-10(19-9)13(23)21-14(16)20-12/h5-6,8-9,12-15H,3-4,7,10-11,16H2,1-2H3,(H,24,25)(H,26,27);1-4,6,17H,5H2,(H2,15,22)(H3,16,18,20,21,23). The van der Waals surface area contributed by atoms with E-state index in [1.54, 1.807) is 80.6 Å². The van der Waals surface area contributed by atoms with Crippen LogP contribution in [-0.4, -0.2) is 62.0 Å². The zero-order chi connectivity index (χ0) is 41.4. The van der Waals surface area contributed by atoms with Crippen LogP contribution in [0.25, 0.3) is 11.2 Å². The maximum atomic E-state index is 12.7. The molecule has 0 saturated carbocycles. The van der Waals surface area contributed by atoms with Gasteiger partial charge in [-0.2, -0.15) is 4.98 Å². The lowest BCUT2D eigenvalue weighted by molar-refractivity contribution is -0.137. The number of para-hydroxylation sites is 1. The van der Waals surface area contributed by atoms with E-state index in [0.717, 1.165) is 5.69 Å². The van der Waals surface area contributed by atoms with Crippen LogP contribution in [0.2, 0.25) is 0 Å². The number of nitrogens with zero attached hydrogens (tertiary/aromatic N) is 3. The number of esters is 1. The number of nitrogen functional groups attached to an aromatic ring is 1. The van der Waals surface area contributed by atoms with Crippen LogP contribution in [0.15, 0.2) is 83.8 Å². The summed E-state index contributed by atoms with van der Waals surface area (Å²) in [4.78, 5) is 72.7. The summed E-state index contributed by atoms with van der Waals surface area (Å²) in [6.45, 7) is 4.04. The van der Waals surface area contributed by atoms with Gasteiger partial charge in [-0.15, -0.1) is 0 Å². The van der Waals surface area contributed by atoms with Gasteiger partial charge in [-0.05, 0) is 74.4 Å². The van der Waals surface area contributed by atoms with Gasteiger partial charge >= 0.3 is 19.8 Å². The van der Waals surface area contributed by atoms with Gasteiger partial charge in [-0.1, -0.05) is 24.3 Å². The van der Waals surface area contributed by atoms with E-state index in [0.29, 0.717) is 23.4 Å². The lowest BCUT2D eigenvalue weighted by Crippen LogP contribution is -2.17. The maximum absolute atomic E-state index is 12.7. The van der Waals surface area contributed by atoms with Gasteiger partial charge in [0.25, 0.3) is 5.56 Å². The highest BCUT2D eigenvalue weighted by Gasteiger charge is 2.25. The molecule has 0 radical (unpaired) electrons. The van der Waals surface area contributed by atoms with Gasteiger partial charge in [0.05, 0.1) is 49.5 Å². The van der Waals surface area contributed by atoms with Crippen molar-refractivity contribution in [1.82, 2.24) is 19.9 Å². The Kier molecular flexibility index (Phi) is 15.9. The molecule has 57 heavy (non-hydrogen) atoms. The molecule has 8 N–H and O–H groups in total. The van der Waals surface area contributed by atoms with E-state index in [1.165, 1.54) is 12.3 Å². The number of benzene rings is 3. The summed E-state index contributed by atoms with van der Waals surface area (Å²) in [5.74, 6) is -2.29. The minimum Gasteiger partial charge on any atom is -0.481 e. The van der Waals surface area contributed by atoms with E-state index in [-0.39, 0.29) is 73.2 Å². The van der Waals surface area contributed by atoms with Crippen LogP contribution in [-0.2, 0) is 40.9 Å². The Morgan fingerprint density at radius 3 is 2.23 bits per heavy atom. The molecule has 0 aliphatic heterocycles. The van der Waals surface area contributed by atoms with Crippen molar-refractivity contribution in [2.45, 2.75) is 46.3 Å². The molecular weight excluding hydrogens is 763 g/mol. The van der Waals surface area contributed by atoms with Gasteiger partial charge in [0.15, 0.2) is 11.2 Å². The van der Waals surface area contributed by atoms with E-state index >= 15 is 0 Å². The smallest absolute Gasteiger partial charge is 0.475 e. The van der Waals surface area contributed by atoms with Crippen molar-refractivity contribution in [2.24, 2.45) is 5.73 Å². The topological polar surface area (TPSA) is 290 Å². The summed E-state index contributed by atoms with van der Waals surface area (Å²) in [6.07, 6.45) is 1.60. The van der Waals surface area contributed by atoms with E-state index in [1.807, 2.05) is 0 Å². The molecule has 2 heterocycles. The predicted molar refractivity (Wildman–Crippen MR) is 208 cm³/mol. The molecule has 0 atom stereocenters. The number of nitrogens with two attached hydrogens (primary N) is 2. The first-order chi connectivity index (χ1) is 27.3. The Morgan fingerprint density at radius 2 is 1.58 bits per heavy atom. The van der Waals surface area contributed by atoms with Gasteiger partial charge in [-0.25, -0.2) is 19.3 Å². The van der Waals surface area contributed by atoms with Crippen LogP contribution in [0.1, 0.15) is 65.1 Å². The van der Waals surface area contributed by atoms with E-state index in [9.17, 15) is 28.5 Å². The van der Waals surface area contributed by atoms with Crippen molar-refractivity contribution in [1.29, 1.82) is 0 Å². The molecule has 20 heteroatoms. The van der Waals surface area contributed by atoms with Crippen molar-refractivity contribution in [3.63, 3.8) is 0 Å². The number of phosphoric ester groups is 1. The zero-order valence-corrected chi connectivity index (χ0v) is 31.8. The van der Waals surface area contributed by atoms with Gasteiger partial charge in [0.2, 0.25) is 17.8 Å². The molecule has 0 bridgehead atoms. The van der Waals surface area contributed by atoms with Crippen molar-refractivity contribution >= 4 is 60.1 Å². The Balaban J connectivity index is 0.000000271. The van der Waals surface area contributed by atoms with Crippen LogP contribution in [0.4, 0.5) is 17.3 Å². The highest BCUT2D eigenvalue weighted by molar-refractivity contribution is 7.48. The Labute approximate surface area is 325 Å². The van der Waals surface area contributed by atoms with Crippen LogP contribution >= 0.6 is 7.82 Å². The molecule has 300 valence electrons. The van der Waals surface area contributed by atoms with Crippen molar-refractivity contribution in [3.05, 3.63) is 112 Å². The molecule has 5 aromatic rings. The van der Waals surface area contributed by atoms with Crippen molar-refractivity contribution < 1.29 is 47.2 Å². The first kappa shape index (κ1) is 43.2. The first-order valence-electron chi connectivity index (χ1n) is 17.4. The molecule has 0 saturated heterocycles. The number of carbonyl (C=O) groups is 4. The molecule has 0 aliphatic carbocycles. The van der Waals surface area contributed by atoms with Crippen molar-refractivity contribution in [3.8, 4) is 5.75 Å². The fraction of sp³-hybridized carbons (Fsp3) is 0.243. The number of carbonyl (C=O) groups excluding carboxylic acids is 3. The third-order valence-corrected chi connectivity index (χ3v) is 9.04. The Hall–Kier alpha value is -6.53. The Bertz CT molecular complexity index is 2280. The maximum Gasteiger partial charge on any atom is 0.475 e. The average Bonchev–Trinajstić information content (AvgIpc) is 3.17. The third-order valence-electron chi connectivity index (χ3n) is 7.44. The number of fused-ring (bicyclic) bond motifs is 1. The summed E-state index contributed by atoms with van der Waals surface area (Å²) in [5, 5.41) is 14.4. The lowest BCUT2D eigenvalue weighted by atomic mass is 10.1. The number of H-pyrrole nitrogens is 1. The number of nitrogens with one attached hydrogen (secondary N) is 3. The quantitative estimate of drug-likeness (QED) is 0.0394. The molecule has 2 amide bonds. The number of anilines is 3. The second-order valence-electron chi connectivity index (χ2n) is 11.7. The van der Waals surface area contributed by atoms with Crippen LogP contribution < -0.4 is 32.4 Å². The molecule has 2 aromatic heterocycles. The monoisotopic (exact) mass is 804 g/mol. The van der Waals surface area contributed by atoms with E-state index in [4.69, 9.17) is 34.9 Å². The fourth-order valence-electron chi connectivity index (χ4n) is 4.78. The molecule has 3 aromatic carbocycles. The van der Waals surface area contributed by atoms with Gasteiger partial charge < -0.3 is 31.9 Å². The largest absolute Gasteiger partial charge is 0.481 e. The molecule has 5 rings (SSSR count). The second-order valence-corrected chi connectivity index (χ2v) is 13.4. The normalized spacial score (nSPS) is 10.9. The summed E-state index contributed by atoms with van der Waals surface area (Å²) < 4.78 is 33.2. The number of amides is 2. The molecule has 0 fully saturated rings. The second kappa shape index (κ2) is 21.0. The van der Waals surface area contributed by atoms with Gasteiger partial charge in [0, 0.05) is 24.1 Å². The molecular formula is C37H41N8O11P. The van der Waals surface area contributed by atoms with Crippen LogP contribution in [0, 0.1) is 0 Å². The van der Waals surface area contributed by atoms with E-state index < -0.39 is 37.1 Å². The van der Waals surface area contributed by atoms with Crippen molar-refractivity contribution in [2.75, 3.05) is 29.6 Å². The lowest BCUT2D eigenvalue weighted by Gasteiger charge is -2.16. The average molecular weight is 805 g/mol. The number of aromatic amines is 1. The van der Waals surface area contributed by atoms with Gasteiger partial charge in [0.1, 0.15) is 5.75 Å². The third kappa shape index (κ3) is 13.6. The number of rotatable bonds is 18. The minimum absolute atomic E-state index is 0.00258. The van der Waals surface area contributed by atoms with Gasteiger partial charge in [-0.3, -0.25) is 37.7 Å². The number of hydrogen-bond acceptors (Lipinski definition) is 15. The highest BCUT2D eigenvalue weighted by atomic mass is 31.2.